The van der Waals surface area contributed by atoms with Gasteiger partial charge in [-0.25, -0.2) is 4.39 Å². The molecule has 0 saturated heterocycles. The van der Waals surface area contributed by atoms with E-state index in [1.54, 1.807) is 0 Å². The molecule has 2 N–H and O–H groups in total. The third-order valence-corrected chi connectivity index (χ3v) is 4.15. The Morgan fingerprint density at radius 1 is 1.00 bits per heavy atom. The van der Waals surface area contributed by atoms with Crippen LogP contribution in [-0.4, -0.2) is 34.3 Å². The molecule has 1 heterocycles. The van der Waals surface area contributed by atoms with E-state index in [-0.39, 0.29) is 23.4 Å². The molecule has 0 unspecified atom stereocenters. The van der Waals surface area contributed by atoms with Gasteiger partial charge in [-0.15, -0.1) is 10.2 Å². The SMILES string of the molecule is O=C(CSc1nnc(-c2ccccc2)o1)NCC(=O)Nc1ccc(F)cc1. The highest BCUT2D eigenvalue weighted by Crippen LogP contribution is 2.22. The van der Waals surface area contributed by atoms with E-state index in [0.29, 0.717) is 11.6 Å². The van der Waals surface area contributed by atoms with Crippen molar-refractivity contribution in [2.45, 2.75) is 5.22 Å². The average molecular weight is 386 g/mol. The lowest BCUT2D eigenvalue weighted by Gasteiger charge is -2.06. The van der Waals surface area contributed by atoms with Crippen molar-refractivity contribution in [3.8, 4) is 11.5 Å². The number of thioether (sulfide) groups is 1. The van der Waals surface area contributed by atoms with Gasteiger partial charge >= 0.3 is 0 Å². The predicted octanol–water partition coefficient (Wildman–Crippen LogP) is 2.72. The normalized spacial score (nSPS) is 10.4. The predicted molar refractivity (Wildman–Crippen MR) is 98.5 cm³/mol. The van der Waals surface area contributed by atoms with E-state index in [2.05, 4.69) is 20.8 Å². The molecule has 0 saturated carbocycles. The quantitative estimate of drug-likeness (QED) is 0.606. The minimum atomic E-state index is -0.413. The van der Waals surface area contributed by atoms with Crippen molar-refractivity contribution in [3.05, 3.63) is 60.4 Å². The van der Waals surface area contributed by atoms with Crippen LogP contribution >= 0.6 is 11.8 Å². The van der Waals surface area contributed by atoms with E-state index in [0.717, 1.165) is 17.3 Å². The fraction of sp³-hybridized carbons (Fsp3) is 0.111. The molecule has 0 bridgehead atoms. The maximum absolute atomic E-state index is 12.8. The number of nitrogens with zero attached hydrogens (tertiary/aromatic N) is 2. The summed E-state index contributed by atoms with van der Waals surface area (Å²) in [6.45, 7) is -0.199. The first-order valence-corrected chi connectivity index (χ1v) is 8.92. The third-order valence-electron chi connectivity index (χ3n) is 3.33. The van der Waals surface area contributed by atoms with Gasteiger partial charge in [-0.05, 0) is 36.4 Å². The average Bonchev–Trinajstić information content (AvgIpc) is 3.16. The Morgan fingerprint density at radius 3 is 2.48 bits per heavy atom. The lowest BCUT2D eigenvalue weighted by molar-refractivity contribution is -0.122. The highest BCUT2D eigenvalue weighted by molar-refractivity contribution is 7.99. The molecule has 0 spiro atoms. The van der Waals surface area contributed by atoms with Crippen LogP contribution in [0, 0.1) is 5.82 Å². The van der Waals surface area contributed by atoms with Gasteiger partial charge in [-0.2, -0.15) is 0 Å². The summed E-state index contributed by atoms with van der Waals surface area (Å²) < 4.78 is 18.3. The fourth-order valence-electron chi connectivity index (χ4n) is 2.06. The first-order chi connectivity index (χ1) is 13.1. The van der Waals surface area contributed by atoms with Gasteiger partial charge in [0, 0.05) is 11.3 Å². The number of benzene rings is 2. The number of halogens is 1. The minimum Gasteiger partial charge on any atom is -0.411 e. The zero-order valence-electron chi connectivity index (χ0n) is 14.0. The molecule has 0 radical (unpaired) electrons. The Hall–Kier alpha value is -3.20. The van der Waals surface area contributed by atoms with E-state index in [1.165, 1.54) is 24.3 Å². The van der Waals surface area contributed by atoms with Crippen LogP contribution in [0.3, 0.4) is 0 Å². The topological polar surface area (TPSA) is 97.1 Å². The van der Waals surface area contributed by atoms with Gasteiger partial charge in [0.05, 0.1) is 12.3 Å². The van der Waals surface area contributed by atoms with Crippen molar-refractivity contribution in [1.29, 1.82) is 0 Å². The molecule has 9 heteroatoms. The van der Waals surface area contributed by atoms with E-state index >= 15 is 0 Å². The first-order valence-electron chi connectivity index (χ1n) is 7.94. The molecular formula is C18H15FN4O3S. The van der Waals surface area contributed by atoms with Gasteiger partial charge in [0.25, 0.3) is 5.22 Å². The Morgan fingerprint density at radius 2 is 1.74 bits per heavy atom. The van der Waals surface area contributed by atoms with Gasteiger partial charge in [-0.3, -0.25) is 9.59 Å². The molecule has 0 fully saturated rings. The molecule has 7 nitrogen and oxygen atoms in total. The maximum atomic E-state index is 12.8. The number of hydrogen-bond donors (Lipinski definition) is 2. The number of nitrogens with one attached hydrogen (secondary N) is 2. The van der Waals surface area contributed by atoms with Crippen molar-refractivity contribution < 1.29 is 18.4 Å². The molecule has 138 valence electrons. The van der Waals surface area contributed by atoms with Crippen molar-refractivity contribution in [3.63, 3.8) is 0 Å². The number of hydrogen-bond acceptors (Lipinski definition) is 6. The monoisotopic (exact) mass is 386 g/mol. The largest absolute Gasteiger partial charge is 0.411 e. The van der Waals surface area contributed by atoms with Gasteiger partial charge in [0.15, 0.2) is 0 Å². The van der Waals surface area contributed by atoms with Crippen LogP contribution in [0.2, 0.25) is 0 Å². The Bertz CT molecular complexity index is 916. The van der Waals surface area contributed by atoms with Gasteiger partial charge in [-0.1, -0.05) is 30.0 Å². The summed E-state index contributed by atoms with van der Waals surface area (Å²) in [4.78, 5) is 23.6. The zero-order valence-corrected chi connectivity index (χ0v) is 14.8. The Labute approximate surface area is 158 Å². The number of amides is 2. The highest BCUT2D eigenvalue weighted by Gasteiger charge is 2.12. The Balaban J connectivity index is 1.41. The first kappa shape index (κ1) is 18.6. The van der Waals surface area contributed by atoms with Crippen LogP contribution in [0.4, 0.5) is 10.1 Å². The molecule has 0 aliphatic heterocycles. The van der Waals surface area contributed by atoms with Crippen molar-refractivity contribution in [2.24, 2.45) is 0 Å². The number of anilines is 1. The zero-order chi connectivity index (χ0) is 19.1. The number of aromatic nitrogens is 2. The number of rotatable bonds is 7. The molecule has 2 aromatic carbocycles. The summed E-state index contributed by atoms with van der Waals surface area (Å²) in [7, 11) is 0. The van der Waals surface area contributed by atoms with Crippen LogP contribution in [-0.2, 0) is 9.59 Å². The van der Waals surface area contributed by atoms with Crippen molar-refractivity contribution in [1.82, 2.24) is 15.5 Å². The fourth-order valence-corrected chi connectivity index (χ4v) is 2.65. The lowest BCUT2D eigenvalue weighted by atomic mass is 10.2. The van der Waals surface area contributed by atoms with Gasteiger partial charge in [0.1, 0.15) is 5.82 Å². The second-order valence-electron chi connectivity index (χ2n) is 5.36. The summed E-state index contributed by atoms with van der Waals surface area (Å²) in [6, 6.07) is 14.6. The molecule has 0 aliphatic carbocycles. The second-order valence-corrected chi connectivity index (χ2v) is 6.29. The molecule has 3 aromatic rings. The van der Waals surface area contributed by atoms with E-state index < -0.39 is 11.7 Å². The van der Waals surface area contributed by atoms with Crippen LogP contribution in [0.25, 0.3) is 11.5 Å². The summed E-state index contributed by atoms with van der Waals surface area (Å²) in [5.74, 6) is -0.759. The van der Waals surface area contributed by atoms with Crippen LogP contribution in [0.1, 0.15) is 0 Å². The molecule has 3 rings (SSSR count). The summed E-state index contributed by atoms with van der Waals surface area (Å²) in [6.07, 6.45) is 0. The van der Waals surface area contributed by atoms with E-state index in [1.807, 2.05) is 30.3 Å². The summed E-state index contributed by atoms with van der Waals surface area (Å²) in [5.41, 5.74) is 1.24. The maximum Gasteiger partial charge on any atom is 0.277 e. The minimum absolute atomic E-state index is 0.0280. The van der Waals surface area contributed by atoms with Crippen molar-refractivity contribution in [2.75, 3.05) is 17.6 Å². The summed E-state index contributed by atoms with van der Waals surface area (Å²) in [5, 5.41) is 13.1. The van der Waals surface area contributed by atoms with Crippen LogP contribution in [0.15, 0.2) is 64.2 Å². The van der Waals surface area contributed by atoms with Crippen LogP contribution < -0.4 is 10.6 Å². The third kappa shape index (κ3) is 5.65. The molecule has 2 amide bonds. The molecular weight excluding hydrogens is 371 g/mol. The molecule has 27 heavy (non-hydrogen) atoms. The lowest BCUT2D eigenvalue weighted by Crippen LogP contribution is -2.33. The van der Waals surface area contributed by atoms with Crippen LogP contribution in [0.5, 0.6) is 0 Å². The molecule has 0 atom stereocenters. The highest BCUT2D eigenvalue weighted by atomic mass is 32.2. The van der Waals surface area contributed by atoms with E-state index in [4.69, 9.17) is 4.42 Å². The summed E-state index contributed by atoms with van der Waals surface area (Å²) >= 11 is 1.08. The number of carbonyl (C=O) groups is 2. The van der Waals surface area contributed by atoms with Gasteiger partial charge < -0.3 is 15.1 Å². The standard InChI is InChI=1S/C18H15FN4O3S/c19-13-6-8-14(9-7-13)21-15(24)10-20-16(25)11-27-18-23-22-17(26-18)12-4-2-1-3-5-12/h1-9H,10-11H2,(H,20,25)(H,21,24). The van der Waals surface area contributed by atoms with Gasteiger partial charge in [0.2, 0.25) is 17.7 Å². The smallest absolute Gasteiger partial charge is 0.277 e. The molecule has 1 aromatic heterocycles. The van der Waals surface area contributed by atoms with E-state index in [9.17, 15) is 14.0 Å². The van der Waals surface area contributed by atoms with Crippen molar-refractivity contribution >= 4 is 29.3 Å². The number of carbonyl (C=O) groups excluding carboxylic acids is 2. The Kier molecular flexibility index (Phi) is 6.16. The second kappa shape index (κ2) is 8.95. The molecule has 0 aliphatic rings.